The van der Waals surface area contributed by atoms with Crippen molar-refractivity contribution in [1.82, 2.24) is 9.88 Å². The summed E-state index contributed by atoms with van der Waals surface area (Å²) in [6.07, 6.45) is 0. The minimum absolute atomic E-state index is 0.0309. The van der Waals surface area contributed by atoms with E-state index in [-0.39, 0.29) is 16.3 Å². The van der Waals surface area contributed by atoms with Gasteiger partial charge in [-0.3, -0.25) is 9.59 Å². The topological polar surface area (TPSA) is 50.3 Å². The Morgan fingerprint density at radius 2 is 2.33 bits per heavy atom. The van der Waals surface area contributed by atoms with Gasteiger partial charge < -0.3 is 4.90 Å². The third-order valence-electron chi connectivity index (χ3n) is 2.12. The fourth-order valence-electron chi connectivity index (χ4n) is 1.39. The summed E-state index contributed by atoms with van der Waals surface area (Å²) in [4.78, 5) is 28.2. The maximum Gasteiger partial charge on any atom is 0.273 e. The minimum Gasteiger partial charge on any atom is -0.335 e. The lowest BCUT2D eigenvalue weighted by Crippen LogP contribution is -2.52. The molecule has 0 N–H and O–H groups in total. The highest BCUT2D eigenvalue weighted by atomic mass is 32.2. The molecule has 2 heterocycles. The highest BCUT2D eigenvalue weighted by Gasteiger charge is 2.33. The molecule has 0 radical (unpaired) electrons. The predicted molar refractivity (Wildman–Crippen MR) is 60.1 cm³/mol. The fourth-order valence-corrected chi connectivity index (χ4v) is 2.90. The zero-order valence-electron chi connectivity index (χ0n) is 8.17. The molecule has 0 spiro atoms. The average Bonchev–Trinajstić information content (AvgIpc) is 2.61. The maximum absolute atomic E-state index is 11.7. The third-order valence-corrected chi connectivity index (χ3v) is 3.67. The molecule has 0 aromatic carbocycles. The molecule has 4 nitrogen and oxygen atoms in total. The first-order valence-electron chi connectivity index (χ1n) is 4.51. The SMILES string of the molecule is CC(=O)SC1CN(C(=O)c2cscn2)C1. The van der Waals surface area contributed by atoms with Gasteiger partial charge in [-0.2, -0.15) is 0 Å². The van der Waals surface area contributed by atoms with Crippen molar-refractivity contribution in [1.29, 1.82) is 0 Å². The molecule has 0 saturated carbocycles. The zero-order chi connectivity index (χ0) is 10.8. The van der Waals surface area contributed by atoms with Gasteiger partial charge in [-0.05, 0) is 0 Å². The molecule has 1 amide bonds. The molecule has 1 aliphatic rings. The van der Waals surface area contributed by atoms with E-state index in [0.717, 1.165) is 0 Å². The highest BCUT2D eigenvalue weighted by Crippen LogP contribution is 2.24. The molecule has 80 valence electrons. The van der Waals surface area contributed by atoms with Crippen LogP contribution < -0.4 is 0 Å². The first kappa shape index (κ1) is 10.6. The Morgan fingerprint density at radius 1 is 1.60 bits per heavy atom. The molecule has 15 heavy (non-hydrogen) atoms. The van der Waals surface area contributed by atoms with Crippen molar-refractivity contribution < 1.29 is 9.59 Å². The molecule has 6 heteroatoms. The van der Waals surface area contributed by atoms with Gasteiger partial charge in [-0.15, -0.1) is 11.3 Å². The molecule has 1 aliphatic heterocycles. The summed E-state index contributed by atoms with van der Waals surface area (Å²) in [5.74, 6) is -0.0309. The number of carbonyl (C=O) groups is 2. The van der Waals surface area contributed by atoms with Crippen LogP contribution in [-0.4, -0.2) is 39.2 Å². The van der Waals surface area contributed by atoms with Crippen molar-refractivity contribution in [2.45, 2.75) is 12.2 Å². The first-order chi connectivity index (χ1) is 7.16. The fraction of sp³-hybridized carbons (Fsp3) is 0.444. The Bertz CT molecular complexity index is 371. The van der Waals surface area contributed by atoms with Crippen LogP contribution in [0.3, 0.4) is 0 Å². The van der Waals surface area contributed by atoms with Crippen LogP contribution in [0.1, 0.15) is 17.4 Å². The highest BCUT2D eigenvalue weighted by molar-refractivity contribution is 8.14. The van der Waals surface area contributed by atoms with E-state index in [2.05, 4.69) is 4.98 Å². The predicted octanol–water partition coefficient (Wildman–Crippen LogP) is 1.25. The lowest BCUT2D eigenvalue weighted by Gasteiger charge is -2.37. The van der Waals surface area contributed by atoms with Crippen LogP contribution in [0.5, 0.6) is 0 Å². The first-order valence-corrected chi connectivity index (χ1v) is 6.33. The Labute approximate surface area is 95.7 Å². The van der Waals surface area contributed by atoms with Crippen LogP contribution in [0, 0.1) is 0 Å². The molecule has 1 aromatic heterocycles. The molecule has 0 bridgehead atoms. The second kappa shape index (κ2) is 4.32. The van der Waals surface area contributed by atoms with E-state index >= 15 is 0 Å². The van der Waals surface area contributed by atoms with Crippen LogP contribution >= 0.6 is 23.1 Å². The van der Waals surface area contributed by atoms with Crippen molar-refractivity contribution in [3.63, 3.8) is 0 Å². The molecule has 0 unspecified atom stereocenters. The van der Waals surface area contributed by atoms with Crippen molar-refractivity contribution in [2.75, 3.05) is 13.1 Å². The zero-order valence-corrected chi connectivity index (χ0v) is 9.81. The summed E-state index contributed by atoms with van der Waals surface area (Å²) in [5, 5.41) is 2.12. The third kappa shape index (κ3) is 2.38. The number of rotatable bonds is 2. The number of hydrogen-bond donors (Lipinski definition) is 0. The quantitative estimate of drug-likeness (QED) is 0.783. The van der Waals surface area contributed by atoms with Gasteiger partial charge in [0.15, 0.2) is 5.12 Å². The van der Waals surface area contributed by atoms with E-state index in [4.69, 9.17) is 0 Å². The summed E-state index contributed by atoms with van der Waals surface area (Å²) >= 11 is 2.72. The van der Waals surface area contributed by atoms with Gasteiger partial charge in [0.05, 0.1) is 5.51 Å². The molecule has 1 saturated heterocycles. The number of thiazole rings is 1. The summed E-state index contributed by atoms with van der Waals surface area (Å²) < 4.78 is 0. The van der Waals surface area contributed by atoms with Gasteiger partial charge in [-0.25, -0.2) is 4.98 Å². The van der Waals surface area contributed by atoms with Crippen molar-refractivity contribution in [3.05, 3.63) is 16.6 Å². The van der Waals surface area contributed by atoms with Crippen molar-refractivity contribution in [2.24, 2.45) is 0 Å². The van der Waals surface area contributed by atoms with Crippen LogP contribution in [0.15, 0.2) is 10.9 Å². The second-order valence-corrected chi connectivity index (χ2v) is 5.51. The molecule has 2 rings (SSSR count). The van der Waals surface area contributed by atoms with Gasteiger partial charge in [0.2, 0.25) is 0 Å². The monoisotopic (exact) mass is 242 g/mol. The molecule has 1 fully saturated rings. The Morgan fingerprint density at radius 3 is 2.87 bits per heavy atom. The molecular formula is C9H10N2O2S2. The van der Waals surface area contributed by atoms with E-state index in [1.807, 2.05) is 0 Å². The normalized spacial score (nSPS) is 16.2. The number of amides is 1. The van der Waals surface area contributed by atoms with Crippen LogP contribution in [-0.2, 0) is 4.79 Å². The Hall–Kier alpha value is -0.880. The smallest absolute Gasteiger partial charge is 0.273 e. The lowest BCUT2D eigenvalue weighted by atomic mass is 10.2. The van der Waals surface area contributed by atoms with Gasteiger partial charge in [0, 0.05) is 30.6 Å². The standard InChI is InChI=1S/C9H10N2O2S2/c1-6(12)15-7-2-11(3-7)9(13)8-4-14-5-10-8/h4-5,7H,2-3H2,1H3. The molecular weight excluding hydrogens is 232 g/mol. The summed E-state index contributed by atoms with van der Waals surface area (Å²) in [6.45, 7) is 2.86. The number of hydrogen-bond acceptors (Lipinski definition) is 5. The number of thioether (sulfide) groups is 1. The number of nitrogens with zero attached hydrogens (tertiary/aromatic N) is 2. The molecule has 1 aromatic rings. The molecule has 0 atom stereocenters. The van der Waals surface area contributed by atoms with Gasteiger partial charge in [-0.1, -0.05) is 11.8 Å². The summed E-state index contributed by atoms with van der Waals surface area (Å²) in [7, 11) is 0. The van der Waals surface area contributed by atoms with Crippen LogP contribution in [0.25, 0.3) is 0 Å². The van der Waals surface area contributed by atoms with Gasteiger partial charge in [0.1, 0.15) is 5.69 Å². The van der Waals surface area contributed by atoms with Gasteiger partial charge >= 0.3 is 0 Å². The van der Waals surface area contributed by atoms with E-state index in [9.17, 15) is 9.59 Å². The average molecular weight is 242 g/mol. The molecule has 0 aliphatic carbocycles. The number of aromatic nitrogens is 1. The largest absolute Gasteiger partial charge is 0.335 e. The summed E-state index contributed by atoms with van der Waals surface area (Å²) in [5.41, 5.74) is 2.15. The van der Waals surface area contributed by atoms with E-state index < -0.39 is 0 Å². The van der Waals surface area contributed by atoms with Crippen molar-refractivity contribution in [3.8, 4) is 0 Å². The van der Waals surface area contributed by atoms with Crippen LogP contribution in [0.2, 0.25) is 0 Å². The maximum atomic E-state index is 11.7. The lowest BCUT2D eigenvalue weighted by molar-refractivity contribution is -0.109. The number of carbonyl (C=O) groups excluding carboxylic acids is 2. The van der Waals surface area contributed by atoms with Crippen LogP contribution in [0.4, 0.5) is 0 Å². The van der Waals surface area contributed by atoms with Crippen molar-refractivity contribution >= 4 is 34.1 Å². The number of likely N-dealkylation sites (tertiary alicyclic amines) is 1. The van der Waals surface area contributed by atoms with Gasteiger partial charge in [0.25, 0.3) is 5.91 Å². The Kier molecular flexibility index (Phi) is 3.06. The Balaban J connectivity index is 1.85. The second-order valence-electron chi connectivity index (χ2n) is 3.32. The van der Waals surface area contributed by atoms with E-state index in [1.165, 1.54) is 23.1 Å². The summed E-state index contributed by atoms with van der Waals surface area (Å²) in [6, 6.07) is 0. The van der Waals surface area contributed by atoms with E-state index in [0.29, 0.717) is 18.8 Å². The minimum atomic E-state index is -0.0309. The van der Waals surface area contributed by atoms with E-state index in [1.54, 1.807) is 22.7 Å².